The molecule has 132 valence electrons. The van der Waals surface area contributed by atoms with E-state index in [9.17, 15) is 4.79 Å². The smallest absolute Gasteiger partial charge is 0.229 e. The second-order valence-electron chi connectivity index (χ2n) is 7.55. The summed E-state index contributed by atoms with van der Waals surface area (Å²) in [5.41, 5.74) is 3.86. The van der Waals surface area contributed by atoms with E-state index in [4.69, 9.17) is 0 Å². The van der Waals surface area contributed by atoms with Crippen LogP contribution < -0.4 is 10.6 Å². The van der Waals surface area contributed by atoms with E-state index in [0.717, 1.165) is 49.6 Å². The molecule has 4 nitrogen and oxygen atoms in total. The van der Waals surface area contributed by atoms with Gasteiger partial charge in [0.1, 0.15) is 0 Å². The van der Waals surface area contributed by atoms with Crippen LogP contribution in [0, 0.1) is 25.2 Å². The SMILES string of the molecule is Cc1cccc(Cc2sc(NC(=O)C3CC34CCNCC4)nc2C)c1. The Balaban J connectivity index is 1.41. The number of nitrogens with zero attached hydrogens (tertiary/aromatic N) is 1. The molecule has 1 unspecified atom stereocenters. The van der Waals surface area contributed by atoms with Crippen LogP contribution >= 0.6 is 11.3 Å². The number of piperidine rings is 1. The summed E-state index contributed by atoms with van der Waals surface area (Å²) in [5, 5.41) is 7.22. The van der Waals surface area contributed by atoms with Crippen LogP contribution in [-0.2, 0) is 11.2 Å². The van der Waals surface area contributed by atoms with Gasteiger partial charge in [0, 0.05) is 17.2 Å². The van der Waals surface area contributed by atoms with Crippen LogP contribution in [0.15, 0.2) is 24.3 Å². The lowest BCUT2D eigenvalue weighted by atomic mass is 9.92. The molecule has 1 spiro atoms. The molecule has 2 fully saturated rings. The van der Waals surface area contributed by atoms with Gasteiger partial charge in [0.2, 0.25) is 5.91 Å². The Labute approximate surface area is 153 Å². The summed E-state index contributed by atoms with van der Waals surface area (Å²) in [6.07, 6.45) is 4.17. The van der Waals surface area contributed by atoms with Crippen molar-refractivity contribution in [3.8, 4) is 0 Å². The highest BCUT2D eigenvalue weighted by atomic mass is 32.1. The molecule has 4 rings (SSSR count). The first kappa shape index (κ1) is 16.7. The fraction of sp³-hybridized carbons (Fsp3) is 0.500. The fourth-order valence-corrected chi connectivity index (χ4v) is 5.04. The van der Waals surface area contributed by atoms with Gasteiger partial charge in [-0.3, -0.25) is 4.79 Å². The van der Waals surface area contributed by atoms with Gasteiger partial charge in [0.05, 0.1) is 5.69 Å². The molecule has 5 heteroatoms. The van der Waals surface area contributed by atoms with Crippen molar-refractivity contribution >= 4 is 22.4 Å². The van der Waals surface area contributed by atoms with E-state index < -0.39 is 0 Å². The summed E-state index contributed by atoms with van der Waals surface area (Å²) in [7, 11) is 0. The van der Waals surface area contributed by atoms with Gasteiger partial charge in [-0.05, 0) is 57.2 Å². The number of hydrogen-bond acceptors (Lipinski definition) is 4. The predicted molar refractivity (Wildman–Crippen MR) is 102 cm³/mol. The van der Waals surface area contributed by atoms with E-state index in [1.165, 1.54) is 16.0 Å². The molecule has 2 aliphatic rings. The third kappa shape index (κ3) is 3.48. The zero-order valence-corrected chi connectivity index (χ0v) is 15.7. The maximum Gasteiger partial charge on any atom is 0.229 e. The van der Waals surface area contributed by atoms with Gasteiger partial charge in [-0.25, -0.2) is 4.98 Å². The normalized spacial score (nSPS) is 21.3. The minimum atomic E-state index is 0.165. The van der Waals surface area contributed by atoms with Crippen LogP contribution in [0.2, 0.25) is 0 Å². The molecule has 1 aliphatic heterocycles. The Morgan fingerprint density at radius 2 is 2.16 bits per heavy atom. The number of amides is 1. The van der Waals surface area contributed by atoms with E-state index in [1.807, 2.05) is 6.92 Å². The number of aryl methyl sites for hydroxylation is 2. The highest BCUT2D eigenvalue weighted by Gasteiger charge is 2.57. The molecular formula is C20H25N3OS. The van der Waals surface area contributed by atoms with Crippen LogP contribution in [0.4, 0.5) is 5.13 Å². The first-order valence-electron chi connectivity index (χ1n) is 9.09. The number of rotatable bonds is 4. The molecule has 0 bridgehead atoms. The molecule has 2 aromatic rings. The van der Waals surface area contributed by atoms with Crippen LogP contribution in [0.1, 0.15) is 41.0 Å². The number of thiazole rings is 1. The number of hydrogen-bond donors (Lipinski definition) is 2. The van der Waals surface area contributed by atoms with Gasteiger partial charge in [0.15, 0.2) is 5.13 Å². The molecule has 0 radical (unpaired) electrons. The first-order valence-corrected chi connectivity index (χ1v) is 9.91. The van der Waals surface area contributed by atoms with Crippen LogP contribution in [-0.4, -0.2) is 24.0 Å². The Kier molecular flexibility index (Phi) is 4.38. The van der Waals surface area contributed by atoms with E-state index >= 15 is 0 Å². The van der Waals surface area contributed by atoms with Crippen molar-refractivity contribution in [1.82, 2.24) is 10.3 Å². The largest absolute Gasteiger partial charge is 0.317 e. The van der Waals surface area contributed by atoms with Crippen molar-refractivity contribution in [2.75, 3.05) is 18.4 Å². The molecule has 1 saturated carbocycles. The zero-order valence-electron chi connectivity index (χ0n) is 14.9. The van der Waals surface area contributed by atoms with Gasteiger partial charge in [0.25, 0.3) is 0 Å². The highest BCUT2D eigenvalue weighted by molar-refractivity contribution is 7.15. The first-order chi connectivity index (χ1) is 12.1. The monoisotopic (exact) mass is 355 g/mol. The summed E-state index contributed by atoms with van der Waals surface area (Å²) in [4.78, 5) is 18.4. The van der Waals surface area contributed by atoms with Crippen LogP contribution in [0.5, 0.6) is 0 Å². The van der Waals surface area contributed by atoms with Gasteiger partial charge < -0.3 is 10.6 Å². The summed E-state index contributed by atoms with van der Waals surface area (Å²) >= 11 is 1.61. The van der Waals surface area contributed by atoms with Crippen molar-refractivity contribution in [1.29, 1.82) is 0 Å². The number of anilines is 1. The highest BCUT2D eigenvalue weighted by Crippen LogP contribution is 2.58. The molecule has 1 atom stereocenters. The molecule has 2 N–H and O–H groups in total. The van der Waals surface area contributed by atoms with Crippen molar-refractivity contribution in [2.24, 2.45) is 11.3 Å². The predicted octanol–water partition coefficient (Wildman–Crippen LogP) is 3.68. The van der Waals surface area contributed by atoms with E-state index in [1.54, 1.807) is 11.3 Å². The number of carbonyl (C=O) groups excluding carboxylic acids is 1. The molecular weight excluding hydrogens is 330 g/mol. The lowest BCUT2D eigenvalue weighted by molar-refractivity contribution is -0.118. The maximum absolute atomic E-state index is 12.6. The number of carbonyl (C=O) groups is 1. The molecule has 25 heavy (non-hydrogen) atoms. The number of benzene rings is 1. The second kappa shape index (κ2) is 6.54. The van der Waals surface area contributed by atoms with Crippen molar-refractivity contribution in [3.63, 3.8) is 0 Å². The van der Waals surface area contributed by atoms with Gasteiger partial charge in [-0.1, -0.05) is 29.8 Å². The number of nitrogens with one attached hydrogen (secondary N) is 2. The van der Waals surface area contributed by atoms with Gasteiger partial charge >= 0.3 is 0 Å². The number of aromatic nitrogens is 1. The standard InChI is InChI=1S/C20H25N3OS/c1-13-4-3-5-15(10-13)11-17-14(2)22-19(25-17)23-18(24)16-12-20(16)6-8-21-9-7-20/h3-5,10,16,21H,6-9,11-12H2,1-2H3,(H,22,23,24). The van der Waals surface area contributed by atoms with Gasteiger partial charge in [-0.15, -0.1) is 11.3 Å². The van der Waals surface area contributed by atoms with Crippen LogP contribution in [0.25, 0.3) is 0 Å². The average Bonchev–Trinajstić information content (AvgIpc) is 3.16. The van der Waals surface area contributed by atoms with Crippen LogP contribution in [0.3, 0.4) is 0 Å². The third-order valence-electron chi connectivity index (χ3n) is 5.68. The average molecular weight is 356 g/mol. The van der Waals surface area contributed by atoms with Crippen molar-refractivity contribution in [3.05, 3.63) is 46.0 Å². The Morgan fingerprint density at radius 3 is 2.92 bits per heavy atom. The van der Waals surface area contributed by atoms with E-state index in [-0.39, 0.29) is 17.2 Å². The topological polar surface area (TPSA) is 54.0 Å². The quantitative estimate of drug-likeness (QED) is 0.880. The lowest BCUT2D eigenvalue weighted by Crippen LogP contribution is -2.31. The van der Waals surface area contributed by atoms with E-state index in [2.05, 4.69) is 46.8 Å². The maximum atomic E-state index is 12.6. The Bertz CT molecular complexity index is 792. The second-order valence-corrected chi connectivity index (χ2v) is 8.64. The summed E-state index contributed by atoms with van der Waals surface area (Å²) in [6, 6.07) is 8.56. The van der Waals surface area contributed by atoms with Gasteiger partial charge in [-0.2, -0.15) is 0 Å². The molecule has 1 saturated heterocycles. The summed E-state index contributed by atoms with van der Waals surface area (Å²) in [5.74, 6) is 0.344. The zero-order chi connectivity index (χ0) is 17.4. The molecule has 1 aromatic heterocycles. The Hall–Kier alpha value is -1.72. The molecule has 1 aromatic carbocycles. The minimum absolute atomic E-state index is 0.165. The van der Waals surface area contributed by atoms with Crippen molar-refractivity contribution in [2.45, 2.75) is 39.5 Å². The molecule has 1 amide bonds. The van der Waals surface area contributed by atoms with E-state index in [0.29, 0.717) is 0 Å². The minimum Gasteiger partial charge on any atom is -0.317 e. The third-order valence-corrected chi connectivity index (χ3v) is 6.75. The lowest BCUT2D eigenvalue weighted by Gasteiger charge is -2.22. The fourth-order valence-electron chi connectivity index (χ4n) is 4.04. The molecule has 2 heterocycles. The van der Waals surface area contributed by atoms with Crippen molar-refractivity contribution < 1.29 is 4.79 Å². The summed E-state index contributed by atoms with van der Waals surface area (Å²) in [6.45, 7) is 6.23. The molecule has 1 aliphatic carbocycles. The summed E-state index contributed by atoms with van der Waals surface area (Å²) < 4.78 is 0. The Morgan fingerprint density at radius 1 is 1.36 bits per heavy atom.